The molecule has 0 atom stereocenters. The molecule has 106 valence electrons. The minimum absolute atomic E-state index is 0.794. The third-order valence-electron chi connectivity index (χ3n) is 4.42. The largest absolute Gasteiger partial charge is 0.397 e. The maximum Gasteiger partial charge on any atom is 0.0600 e. The van der Waals surface area contributed by atoms with Gasteiger partial charge in [-0.3, -0.25) is 0 Å². The SMILES string of the molecule is Cc1cc(N)c(N(C)CC2CCN(C)CC2)cc1C. The number of hydrogen-bond acceptors (Lipinski definition) is 3. The van der Waals surface area contributed by atoms with Crippen LogP contribution in [0.3, 0.4) is 0 Å². The molecule has 2 N–H and O–H groups in total. The van der Waals surface area contributed by atoms with Gasteiger partial charge in [0, 0.05) is 13.6 Å². The molecule has 1 aromatic rings. The highest BCUT2D eigenvalue weighted by Crippen LogP contribution is 2.28. The molecular weight excluding hydrogens is 234 g/mol. The summed E-state index contributed by atoms with van der Waals surface area (Å²) in [6.45, 7) is 7.83. The second-order valence-corrected chi connectivity index (χ2v) is 6.12. The Morgan fingerprint density at radius 3 is 2.42 bits per heavy atom. The minimum Gasteiger partial charge on any atom is -0.397 e. The lowest BCUT2D eigenvalue weighted by atomic mass is 9.96. The Labute approximate surface area is 117 Å². The molecule has 1 heterocycles. The van der Waals surface area contributed by atoms with Crippen LogP contribution in [0.25, 0.3) is 0 Å². The predicted molar refractivity (Wildman–Crippen MR) is 83.8 cm³/mol. The molecule has 1 aliphatic heterocycles. The second kappa shape index (κ2) is 5.83. The molecule has 0 unspecified atom stereocenters. The molecule has 0 saturated carbocycles. The Morgan fingerprint density at radius 1 is 1.21 bits per heavy atom. The van der Waals surface area contributed by atoms with E-state index in [1.54, 1.807) is 0 Å². The summed E-state index contributed by atoms with van der Waals surface area (Å²) in [7, 11) is 4.38. The molecule has 0 amide bonds. The number of rotatable bonds is 3. The monoisotopic (exact) mass is 261 g/mol. The van der Waals surface area contributed by atoms with Gasteiger partial charge >= 0.3 is 0 Å². The van der Waals surface area contributed by atoms with E-state index in [0.29, 0.717) is 0 Å². The number of likely N-dealkylation sites (tertiary alicyclic amines) is 1. The molecule has 1 saturated heterocycles. The van der Waals surface area contributed by atoms with Crippen molar-refractivity contribution in [3.05, 3.63) is 23.3 Å². The quantitative estimate of drug-likeness (QED) is 0.849. The van der Waals surface area contributed by atoms with Crippen molar-refractivity contribution in [2.45, 2.75) is 26.7 Å². The predicted octanol–water partition coefficient (Wildman–Crippen LogP) is 2.66. The maximum atomic E-state index is 6.17. The van der Waals surface area contributed by atoms with Crippen LogP contribution in [0.1, 0.15) is 24.0 Å². The smallest absolute Gasteiger partial charge is 0.0600 e. The minimum atomic E-state index is 0.794. The number of hydrogen-bond donors (Lipinski definition) is 1. The van der Waals surface area contributed by atoms with Gasteiger partial charge in [0.25, 0.3) is 0 Å². The first-order valence-electron chi connectivity index (χ1n) is 7.23. The van der Waals surface area contributed by atoms with Crippen LogP contribution in [0.5, 0.6) is 0 Å². The van der Waals surface area contributed by atoms with Crippen LogP contribution in [0.2, 0.25) is 0 Å². The van der Waals surface area contributed by atoms with E-state index in [9.17, 15) is 0 Å². The maximum absolute atomic E-state index is 6.17. The number of anilines is 2. The average molecular weight is 261 g/mol. The van der Waals surface area contributed by atoms with E-state index in [4.69, 9.17) is 5.73 Å². The number of nitrogens with zero attached hydrogens (tertiary/aromatic N) is 2. The number of aryl methyl sites for hydroxylation is 2. The first-order valence-corrected chi connectivity index (χ1v) is 7.23. The van der Waals surface area contributed by atoms with Crippen molar-refractivity contribution in [1.29, 1.82) is 0 Å². The molecule has 3 nitrogen and oxygen atoms in total. The standard InChI is InChI=1S/C16H27N3/c1-12-9-15(17)16(10-13(12)2)19(4)11-14-5-7-18(3)8-6-14/h9-10,14H,5-8,11,17H2,1-4H3. The molecule has 19 heavy (non-hydrogen) atoms. The van der Waals surface area contributed by atoms with Crippen molar-refractivity contribution in [1.82, 2.24) is 4.90 Å². The van der Waals surface area contributed by atoms with Crippen LogP contribution in [0.15, 0.2) is 12.1 Å². The van der Waals surface area contributed by atoms with E-state index in [1.807, 2.05) is 0 Å². The molecule has 1 aromatic carbocycles. The fourth-order valence-electron chi connectivity index (χ4n) is 2.88. The van der Waals surface area contributed by atoms with Crippen molar-refractivity contribution in [3.8, 4) is 0 Å². The summed E-state index contributed by atoms with van der Waals surface area (Å²) in [4.78, 5) is 4.75. The van der Waals surface area contributed by atoms with Gasteiger partial charge in [0.05, 0.1) is 11.4 Å². The fourth-order valence-corrected chi connectivity index (χ4v) is 2.88. The zero-order valence-electron chi connectivity index (χ0n) is 12.7. The molecule has 0 aliphatic carbocycles. The lowest BCUT2D eigenvalue weighted by Crippen LogP contribution is -2.35. The van der Waals surface area contributed by atoms with E-state index in [-0.39, 0.29) is 0 Å². The van der Waals surface area contributed by atoms with Gasteiger partial charge in [-0.2, -0.15) is 0 Å². The highest BCUT2D eigenvalue weighted by atomic mass is 15.1. The number of nitrogen functional groups attached to an aromatic ring is 1. The van der Waals surface area contributed by atoms with Gasteiger partial charge in [-0.15, -0.1) is 0 Å². The van der Waals surface area contributed by atoms with Crippen LogP contribution < -0.4 is 10.6 Å². The average Bonchev–Trinajstić information content (AvgIpc) is 2.36. The van der Waals surface area contributed by atoms with E-state index < -0.39 is 0 Å². The summed E-state index contributed by atoms with van der Waals surface area (Å²) < 4.78 is 0. The van der Waals surface area contributed by atoms with Crippen molar-refractivity contribution in [2.24, 2.45) is 5.92 Å². The van der Waals surface area contributed by atoms with Crippen LogP contribution in [-0.4, -0.2) is 38.6 Å². The zero-order chi connectivity index (χ0) is 14.0. The van der Waals surface area contributed by atoms with Gasteiger partial charge in [-0.05, 0) is 76.0 Å². The van der Waals surface area contributed by atoms with E-state index >= 15 is 0 Å². The van der Waals surface area contributed by atoms with Crippen LogP contribution >= 0.6 is 0 Å². The van der Waals surface area contributed by atoms with Crippen molar-refractivity contribution < 1.29 is 0 Å². The molecule has 3 heteroatoms. The molecule has 2 rings (SSSR count). The second-order valence-electron chi connectivity index (χ2n) is 6.12. The van der Waals surface area contributed by atoms with Crippen molar-refractivity contribution in [3.63, 3.8) is 0 Å². The van der Waals surface area contributed by atoms with Crippen molar-refractivity contribution in [2.75, 3.05) is 44.4 Å². The van der Waals surface area contributed by atoms with Crippen LogP contribution in [0.4, 0.5) is 11.4 Å². The van der Waals surface area contributed by atoms with E-state index in [1.165, 1.54) is 42.7 Å². The summed E-state index contributed by atoms with van der Waals surface area (Å²) in [5.41, 5.74) is 10.8. The molecule has 0 spiro atoms. The van der Waals surface area contributed by atoms with Gasteiger partial charge in [0.2, 0.25) is 0 Å². The van der Waals surface area contributed by atoms with E-state index in [0.717, 1.165) is 18.2 Å². The number of piperidine rings is 1. The summed E-state index contributed by atoms with van der Waals surface area (Å²) in [5, 5.41) is 0. The van der Waals surface area contributed by atoms with E-state index in [2.05, 4.69) is 49.9 Å². The third-order valence-corrected chi connectivity index (χ3v) is 4.42. The first kappa shape index (κ1) is 14.2. The Balaban J connectivity index is 2.03. The number of nitrogens with two attached hydrogens (primary N) is 1. The third kappa shape index (κ3) is 3.41. The number of benzene rings is 1. The summed E-state index contributed by atoms with van der Waals surface area (Å²) >= 11 is 0. The van der Waals surface area contributed by atoms with Gasteiger partial charge in [0.1, 0.15) is 0 Å². The summed E-state index contributed by atoms with van der Waals surface area (Å²) in [6.07, 6.45) is 2.59. The van der Waals surface area contributed by atoms with Crippen molar-refractivity contribution >= 4 is 11.4 Å². The van der Waals surface area contributed by atoms with Gasteiger partial charge in [0.15, 0.2) is 0 Å². The van der Waals surface area contributed by atoms with Crippen LogP contribution in [-0.2, 0) is 0 Å². The molecule has 0 radical (unpaired) electrons. The fraction of sp³-hybridized carbons (Fsp3) is 0.625. The highest BCUT2D eigenvalue weighted by Gasteiger charge is 2.19. The summed E-state index contributed by atoms with van der Waals surface area (Å²) in [6, 6.07) is 4.31. The Kier molecular flexibility index (Phi) is 4.35. The lowest BCUT2D eigenvalue weighted by molar-refractivity contribution is 0.222. The zero-order valence-corrected chi connectivity index (χ0v) is 12.7. The Hall–Kier alpha value is -1.22. The Bertz CT molecular complexity index is 434. The Morgan fingerprint density at radius 2 is 1.79 bits per heavy atom. The van der Waals surface area contributed by atoms with Gasteiger partial charge in [-0.25, -0.2) is 0 Å². The van der Waals surface area contributed by atoms with Gasteiger partial charge in [-0.1, -0.05) is 0 Å². The van der Waals surface area contributed by atoms with Crippen LogP contribution in [0, 0.1) is 19.8 Å². The lowest BCUT2D eigenvalue weighted by Gasteiger charge is -2.33. The molecule has 1 aliphatic rings. The first-order chi connectivity index (χ1) is 8.97. The molecule has 0 aromatic heterocycles. The van der Waals surface area contributed by atoms with Gasteiger partial charge < -0.3 is 15.5 Å². The highest BCUT2D eigenvalue weighted by molar-refractivity contribution is 5.69. The molecule has 0 bridgehead atoms. The normalized spacial score (nSPS) is 17.7. The molecular formula is C16H27N3. The topological polar surface area (TPSA) is 32.5 Å². The molecule has 1 fully saturated rings. The summed E-state index contributed by atoms with van der Waals surface area (Å²) in [5.74, 6) is 0.794.